The Hall–Kier alpha value is -1.40. The Bertz CT molecular complexity index is 527. The lowest BCUT2D eigenvalue weighted by atomic mass is 10.1. The zero-order chi connectivity index (χ0) is 15.6. The maximum absolute atomic E-state index is 12.6. The molecule has 1 aromatic rings. The third-order valence-corrected chi connectivity index (χ3v) is 5.08. The van der Waals surface area contributed by atoms with Crippen molar-refractivity contribution in [2.75, 3.05) is 33.2 Å². The van der Waals surface area contributed by atoms with Crippen molar-refractivity contribution in [1.82, 2.24) is 9.80 Å². The molecule has 0 aromatic carbocycles. The summed E-state index contributed by atoms with van der Waals surface area (Å²) in [7, 11) is 1.95. The van der Waals surface area contributed by atoms with Gasteiger partial charge in [0.1, 0.15) is 0 Å². The second kappa shape index (κ2) is 6.58. The molecule has 0 radical (unpaired) electrons. The van der Waals surface area contributed by atoms with E-state index in [4.69, 9.17) is 5.73 Å². The molecule has 0 saturated carbocycles. The first kappa shape index (κ1) is 16.0. The Kier molecular flexibility index (Phi) is 5.00. The number of hydrogen-bond acceptors (Lipinski definition) is 4. The number of nitrogens with zero attached hydrogens (tertiary/aromatic N) is 2. The van der Waals surface area contributed by atoms with Crippen LogP contribution in [0.4, 0.5) is 0 Å². The van der Waals surface area contributed by atoms with E-state index in [9.17, 15) is 9.59 Å². The summed E-state index contributed by atoms with van der Waals surface area (Å²) in [5.74, 6) is -0.218. The summed E-state index contributed by atoms with van der Waals surface area (Å²) >= 11 is 1.61. The van der Waals surface area contributed by atoms with Gasteiger partial charge < -0.3 is 15.5 Å². The molecule has 1 aromatic heterocycles. The molecule has 2 N–H and O–H groups in total. The van der Waals surface area contributed by atoms with Gasteiger partial charge in [0, 0.05) is 36.4 Å². The van der Waals surface area contributed by atoms with E-state index < -0.39 is 0 Å². The number of likely N-dealkylation sites (N-methyl/N-ethyl adjacent to an activating group) is 1. The van der Waals surface area contributed by atoms with E-state index in [1.165, 1.54) is 4.88 Å². The minimum Gasteiger partial charge on any atom is -0.369 e. The first-order valence-corrected chi connectivity index (χ1v) is 8.12. The van der Waals surface area contributed by atoms with Gasteiger partial charge in [-0.3, -0.25) is 9.59 Å². The van der Waals surface area contributed by atoms with Crippen LogP contribution in [0.3, 0.4) is 0 Å². The van der Waals surface area contributed by atoms with Gasteiger partial charge in [0.15, 0.2) is 0 Å². The molecule has 1 aliphatic heterocycles. The predicted molar refractivity (Wildman–Crippen MR) is 84.5 cm³/mol. The van der Waals surface area contributed by atoms with Crippen molar-refractivity contribution in [2.45, 2.75) is 19.8 Å². The van der Waals surface area contributed by atoms with Crippen LogP contribution in [0.1, 0.15) is 35.0 Å². The summed E-state index contributed by atoms with van der Waals surface area (Å²) in [5.41, 5.74) is 6.16. The predicted octanol–water partition coefficient (Wildman–Crippen LogP) is 1.36. The Morgan fingerprint density at radius 3 is 2.62 bits per heavy atom. The highest BCUT2D eigenvalue weighted by atomic mass is 32.1. The largest absolute Gasteiger partial charge is 0.369 e. The maximum Gasteiger partial charge on any atom is 0.254 e. The number of thiophene rings is 1. The van der Waals surface area contributed by atoms with E-state index in [2.05, 4.69) is 18.7 Å². The van der Waals surface area contributed by atoms with Gasteiger partial charge >= 0.3 is 0 Å². The van der Waals surface area contributed by atoms with Gasteiger partial charge in [0.25, 0.3) is 5.91 Å². The summed E-state index contributed by atoms with van der Waals surface area (Å²) in [6, 6.07) is 1.96. The molecule has 1 aliphatic rings. The fourth-order valence-corrected chi connectivity index (χ4v) is 3.39. The van der Waals surface area contributed by atoms with E-state index in [0.717, 1.165) is 12.1 Å². The molecule has 1 fully saturated rings. The Morgan fingerprint density at radius 2 is 2.05 bits per heavy atom. The van der Waals surface area contributed by atoms with E-state index in [1.54, 1.807) is 16.2 Å². The summed E-state index contributed by atoms with van der Waals surface area (Å²) in [5, 5.41) is 1.91. The number of primary amides is 1. The Morgan fingerprint density at radius 1 is 1.33 bits per heavy atom. The Balaban J connectivity index is 2.14. The molecule has 0 unspecified atom stereocenters. The van der Waals surface area contributed by atoms with Crippen molar-refractivity contribution in [3.63, 3.8) is 0 Å². The first-order valence-electron chi connectivity index (χ1n) is 7.24. The quantitative estimate of drug-likeness (QED) is 0.917. The fraction of sp³-hybridized carbons (Fsp3) is 0.600. The highest BCUT2D eigenvalue weighted by Gasteiger charge is 2.28. The summed E-state index contributed by atoms with van der Waals surface area (Å²) in [6.07, 6.45) is 0. The molecule has 6 heteroatoms. The van der Waals surface area contributed by atoms with E-state index in [-0.39, 0.29) is 17.7 Å². The lowest BCUT2D eigenvalue weighted by Gasteiger charge is -2.22. The van der Waals surface area contributed by atoms with Gasteiger partial charge in [0.2, 0.25) is 5.91 Å². The standard InChI is InChI=1S/C15H23N3O2S/c1-10(2)13-6-11(9-21-13)15(20)18-5-4-17(3)7-12(8-18)14(16)19/h6,9-10,12H,4-5,7-8H2,1-3H3,(H2,16,19)/t12-/m1/s1. The summed E-state index contributed by atoms with van der Waals surface area (Å²) < 4.78 is 0. The zero-order valence-electron chi connectivity index (χ0n) is 12.8. The summed E-state index contributed by atoms with van der Waals surface area (Å²) in [4.78, 5) is 29.1. The second-order valence-electron chi connectivity index (χ2n) is 6.01. The van der Waals surface area contributed by atoms with Crippen molar-refractivity contribution in [3.8, 4) is 0 Å². The van der Waals surface area contributed by atoms with Crippen LogP contribution in [0.15, 0.2) is 11.4 Å². The molecule has 2 amide bonds. The third kappa shape index (κ3) is 3.83. The smallest absolute Gasteiger partial charge is 0.254 e. The van der Waals surface area contributed by atoms with Crippen molar-refractivity contribution in [1.29, 1.82) is 0 Å². The fourth-order valence-electron chi connectivity index (χ4n) is 2.49. The van der Waals surface area contributed by atoms with Gasteiger partial charge in [0.05, 0.1) is 11.5 Å². The van der Waals surface area contributed by atoms with Crippen molar-refractivity contribution in [3.05, 3.63) is 21.9 Å². The van der Waals surface area contributed by atoms with Crippen LogP contribution in [-0.4, -0.2) is 54.8 Å². The molecular weight excluding hydrogens is 286 g/mol. The average Bonchev–Trinajstić information content (AvgIpc) is 2.82. The molecule has 1 saturated heterocycles. The van der Waals surface area contributed by atoms with Crippen LogP contribution in [0.25, 0.3) is 0 Å². The monoisotopic (exact) mass is 309 g/mol. The van der Waals surface area contributed by atoms with Crippen molar-refractivity contribution < 1.29 is 9.59 Å². The van der Waals surface area contributed by atoms with E-state index >= 15 is 0 Å². The topological polar surface area (TPSA) is 66.6 Å². The van der Waals surface area contributed by atoms with Gasteiger partial charge in [-0.05, 0) is 19.0 Å². The first-order chi connectivity index (χ1) is 9.88. The van der Waals surface area contributed by atoms with Gasteiger partial charge in [-0.25, -0.2) is 0 Å². The molecule has 0 aliphatic carbocycles. The molecule has 1 atom stereocenters. The van der Waals surface area contributed by atoms with Crippen LogP contribution >= 0.6 is 11.3 Å². The zero-order valence-corrected chi connectivity index (χ0v) is 13.7. The molecule has 0 spiro atoms. The van der Waals surface area contributed by atoms with E-state index in [1.807, 2.05) is 18.5 Å². The van der Waals surface area contributed by atoms with Crippen molar-refractivity contribution in [2.24, 2.45) is 11.7 Å². The lowest BCUT2D eigenvalue weighted by Crippen LogP contribution is -2.40. The molecule has 0 bridgehead atoms. The molecule has 21 heavy (non-hydrogen) atoms. The SMILES string of the molecule is CC(C)c1cc(C(=O)N2CCN(C)C[C@@H](C(N)=O)C2)cs1. The van der Waals surface area contributed by atoms with Crippen LogP contribution < -0.4 is 5.73 Å². The number of amides is 2. The normalized spacial score (nSPS) is 20.6. The van der Waals surface area contributed by atoms with E-state index in [0.29, 0.717) is 25.6 Å². The number of rotatable bonds is 3. The highest BCUT2D eigenvalue weighted by molar-refractivity contribution is 7.10. The lowest BCUT2D eigenvalue weighted by molar-refractivity contribution is -0.122. The van der Waals surface area contributed by atoms with Gasteiger partial charge in [-0.15, -0.1) is 11.3 Å². The molecular formula is C15H23N3O2S. The van der Waals surface area contributed by atoms with Crippen LogP contribution in [0.2, 0.25) is 0 Å². The number of carbonyl (C=O) groups excluding carboxylic acids is 2. The molecule has 2 heterocycles. The average molecular weight is 309 g/mol. The second-order valence-corrected chi connectivity index (χ2v) is 6.95. The third-order valence-electron chi connectivity index (χ3n) is 3.85. The molecule has 116 valence electrons. The molecule has 2 rings (SSSR count). The minimum absolute atomic E-state index is 0.000278. The van der Waals surface area contributed by atoms with Gasteiger partial charge in [-0.1, -0.05) is 13.8 Å². The molecule has 5 nitrogen and oxygen atoms in total. The number of nitrogens with two attached hydrogens (primary N) is 1. The summed E-state index contributed by atoms with van der Waals surface area (Å²) in [6.45, 7) is 6.64. The van der Waals surface area contributed by atoms with Gasteiger partial charge in [-0.2, -0.15) is 0 Å². The number of carbonyl (C=O) groups is 2. The minimum atomic E-state index is -0.338. The van der Waals surface area contributed by atoms with Crippen LogP contribution in [0.5, 0.6) is 0 Å². The Labute approximate surface area is 129 Å². The van der Waals surface area contributed by atoms with Crippen molar-refractivity contribution >= 4 is 23.2 Å². The van der Waals surface area contributed by atoms with Crippen LogP contribution in [-0.2, 0) is 4.79 Å². The highest BCUT2D eigenvalue weighted by Crippen LogP contribution is 2.24. The maximum atomic E-state index is 12.6. The van der Waals surface area contributed by atoms with Crippen LogP contribution in [0, 0.1) is 5.92 Å². The number of hydrogen-bond donors (Lipinski definition) is 1.